The summed E-state index contributed by atoms with van der Waals surface area (Å²) in [5.41, 5.74) is -1.16. The van der Waals surface area contributed by atoms with E-state index in [2.05, 4.69) is 4.98 Å². The Bertz CT molecular complexity index is 607. The zero-order valence-electron chi connectivity index (χ0n) is 11.9. The van der Waals surface area contributed by atoms with Crippen LogP contribution in [0.25, 0.3) is 0 Å². The number of aliphatic hydroxyl groups is 3. The van der Waals surface area contributed by atoms with Crippen molar-refractivity contribution in [2.45, 2.75) is 44.8 Å². The van der Waals surface area contributed by atoms with Crippen molar-refractivity contribution in [3.63, 3.8) is 0 Å². The van der Waals surface area contributed by atoms with Crippen LogP contribution >= 0.6 is 0 Å². The molecule has 1 saturated heterocycles. The summed E-state index contributed by atoms with van der Waals surface area (Å²) >= 11 is 0. The highest BCUT2D eigenvalue weighted by atomic mass is 16.6. The van der Waals surface area contributed by atoms with Gasteiger partial charge in [0.2, 0.25) is 0 Å². The maximum absolute atomic E-state index is 11.9. The molecule has 1 aromatic heterocycles. The van der Waals surface area contributed by atoms with E-state index in [1.165, 1.54) is 10.8 Å². The molecule has 21 heavy (non-hydrogen) atoms. The first-order valence-corrected chi connectivity index (χ1v) is 6.81. The fraction of sp³-hybridized carbons (Fsp3) is 0.692. The molecular formula is C13H20N2O6. The van der Waals surface area contributed by atoms with E-state index in [1.54, 1.807) is 0 Å². The van der Waals surface area contributed by atoms with E-state index in [4.69, 9.17) is 9.84 Å². The Morgan fingerprint density at radius 1 is 1.33 bits per heavy atom. The van der Waals surface area contributed by atoms with E-state index < -0.39 is 42.3 Å². The van der Waals surface area contributed by atoms with Crippen molar-refractivity contribution in [2.24, 2.45) is 5.92 Å². The zero-order valence-corrected chi connectivity index (χ0v) is 11.9. The molecule has 0 radical (unpaired) electrons. The predicted molar refractivity (Wildman–Crippen MR) is 72.9 cm³/mol. The Balaban J connectivity index is 2.40. The van der Waals surface area contributed by atoms with Gasteiger partial charge in [0.05, 0.1) is 12.2 Å². The summed E-state index contributed by atoms with van der Waals surface area (Å²) in [6.07, 6.45) is -3.34. The second-order valence-electron chi connectivity index (χ2n) is 5.65. The Morgan fingerprint density at radius 2 is 2.00 bits per heavy atom. The summed E-state index contributed by atoms with van der Waals surface area (Å²) in [6.45, 7) is 3.77. The maximum atomic E-state index is 11.9. The highest BCUT2D eigenvalue weighted by Crippen LogP contribution is 2.31. The van der Waals surface area contributed by atoms with Crippen LogP contribution in [0.3, 0.4) is 0 Å². The summed E-state index contributed by atoms with van der Waals surface area (Å²) in [5.74, 6) is 0.187. The zero-order chi connectivity index (χ0) is 15.7. The monoisotopic (exact) mass is 300 g/mol. The van der Waals surface area contributed by atoms with E-state index in [-0.39, 0.29) is 11.5 Å². The van der Waals surface area contributed by atoms with Gasteiger partial charge >= 0.3 is 5.69 Å². The number of nitrogens with zero attached hydrogens (tertiary/aromatic N) is 1. The van der Waals surface area contributed by atoms with Crippen LogP contribution in [-0.2, 0) is 11.3 Å². The van der Waals surface area contributed by atoms with E-state index in [9.17, 15) is 19.8 Å². The smallest absolute Gasteiger partial charge is 0.328 e. The minimum atomic E-state index is -1.34. The highest BCUT2D eigenvalue weighted by Gasteiger charge is 2.44. The van der Waals surface area contributed by atoms with Gasteiger partial charge in [-0.25, -0.2) is 4.79 Å². The van der Waals surface area contributed by atoms with Gasteiger partial charge in [-0.1, -0.05) is 13.8 Å². The molecule has 0 unspecified atom stereocenters. The molecule has 0 bridgehead atoms. The van der Waals surface area contributed by atoms with Crippen molar-refractivity contribution in [1.29, 1.82) is 0 Å². The lowest BCUT2D eigenvalue weighted by Gasteiger charge is -2.16. The third-order valence-corrected chi connectivity index (χ3v) is 3.45. The molecule has 1 fully saturated rings. The topological polar surface area (TPSA) is 125 Å². The number of hydrogen-bond acceptors (Lipinski definition) is 6. The Labute approximate surface area is 120 Å². The Kier molecular flexibility index (Phi) is 4.62. The van der Waals surface area contributed by atoms with E-state index in [0.29, 0.717) is 6.54 Å². The van der Waals surface area contributed by atoms with E-state index in [0.717, 1.165) is 0 Å². The molecule has 0 aliphatic carbocycles. The van der Waals surface area contributed by atoms with Crippen molar-refractivity contribution in [2.75, 3.05) is 6.61 Å². The first kappa shape index (κ1) is 15.9. The number of aromatic amines is 1. The van der Waals surface area contributed by atoms with E-state index >= 15 is 0 Å². The van der Waals surface area contributed by atoms with Crippen LogP contribution in [-0.4, -0.2) is 49.8 Å². The van der Waals surface area contributed by atoms with Gasteiger partial charge in [0, 0.05) is 12.7 Å². The third-order valence-electron chi connectivity index (χ3n) is 3.45. The molecule has 8 heteroatoms. The van der Waals surface area contributed by atoms with Crippen LogP contribution in [0, 0.1) is 5.92 Å². The normalized spacial score (nSPS) is 29.2. The number of ether oxygens (including phenoxy) is 1. The fourth-order valence-corrected chi connectivity index (χ4v) is 2.41. The lowest BCUT2D eigenvalue weighted by atomic mass is 10.0. The lowest BCUT2D eigenvalue weighted by Crippen LogP contribution is -2.36. The largest absolute Gasteiger partial charge is 0.394 e. The highest BCUT2D eigenvalue weighted by molar-refractivity contribution is 5.14. The van der Waals surface area contributed by atoms with Crippen LogP contribution in [0.4, 0.5) is 0 Å². The molecule has 4 atom stereocenters. The average molecular weight is 300 g/mol. The molecule has 1 aromatic rings. The van der Waals surface area contributed by atoms with Gasteiger partial charge in [0.25, 0.3) is 5.56 Å². The van der Waals surface area contributed by atoms with Crippen LogP contribution < -0.4 is 11.2 Å². The summed E-state index contributed by atoms with van der Waals surface area (Å²) in [6, 6.07) is 0. The summed E-state index contributed by atoms with van der Waals surface area (Å²) in [4.78, 5) is 25.8. The maximum Gasteiger partial charge on any atom is 0.328 e. The van der Waals surface area contributed by atoms with Gasteiger partial charge in [0.1, 0.15) is 24.4 Å². The SMILES string of the molecule is CC(C)Cn1cc([C@@H]2O[C@H](CO)[C@@H](O)[C@H]2O)c(=O)[nH]c1=O. The van der Waals surface area contributed by atoms with Crippen LogP contribution in [0.15, 0.2) is 15.8 Å². The van der Waals surface area contributed by atoms with Gasteiger partial charge in [-0.2, -0.15) is 0 Å². The first-order valence-electron chi connectivity index (χ1n) is 6.81. The summed E-state index contributed by atoms with van der Waals surface area (Å²) < 4.78 is 6.65. The molecule has 0 spiro atoms. The van der Waals surface area contributed by atoms with Crippen molar-refractivity contribution in [3.8, 4) is 0 Å². The van der Waals surface area contributed by atoms with Gasteiger partial charge in [-0.15, -0.1) is 0 Å². The first-order chi connectivity index (χ1) is 9.85. The number of hydrogen-bond donors (Lipinski definition) is 4. The second-order valence-corrected chi connectivity index (χ2v) is 5.65. The van der Waals surface area contributed by atoms with Crippen molar-refractivity contribution >= 4 is 0 Å². The standard InChI is InChI=1S/C13H20N2O6/c1-6(2)3-15-4-7(12(19)14-13(15)20)11-10(18)9(17)8(5-16)21-11/h4,6,8-11,16-18H,3,5H2,1-2H3,(H,14,19,20)/t8-,9-,10-,11+/m1/s1. The average Bonchev–Trinajstić information content (AvgIpc) is 2.69. The van der Waals surface area contributed by atoms with E-state index in [1.807, 2.05) is 13.8 Å². The fourth-order valence-electron chi connectivity index (χ4n) is 2.41. The molecule has 0 aromatic carbocycles. The van der Waals surface area contributed by atoms with Crippen LogP contribution in [0.5, 0.6) is 0 Å². The Morgan fingerprint density at radius 3 is 2.52 bits per heavy atom. The third kappa shape index (κ3) is 3.08. The molecule has 8 nitrogen and oxygen atoms in total. The molecule has 2 rings (SSSR count). The summed E-state index contributed by atoms with van der Waals surface area (Å²) in [5, 5.41) is 28.8. The van der Waals surface area contributed by atoms with Crippen LogP contribution in [0.1, 0.15) is 25.5 Å². The molecule has 1 aliphatic rings. The number of aromatic nitrogens is 2. The van der Waals surface area contributed by atoms with Gasteiger partial charge in [-0.3, -0.25) is 14.3 Å². The quantitative estimate of drug-likeness (QED) is 0.528. The number of rotatable bonds is 4. The second kappa shape index (κ2) is 6.10. The minimum Gasteiger partial charge on any atom is -0.394 e. The lowest BCUT2D eigenvalue weighted by molar-refractivity contribution is -0.0233. The minimum absolute atomic E-state index is 0.0535. The molecular weight excluding hydrogens is 280 g/mol. The molecule has 2 heterocycles. The van der Waals surface area contributed by atoms with Gasteiger partial charge in [-0.05, 0) is 5.92 Å². The van der Waals surface area contributed by atoms with Gasteiger partial charge < -0.3 is 20.1 Å². The molecule has 118 valence electrons. The summed E-state index contributed by atoms with van der Waals surface area (Å²) in [7, 11) is 0. The van der Waals surface area contributed by atoms with Crippen molar-refractivity contribution < 1.29 is 20.1 Å². The number of H-pyrrole nitrogens is 1. The number of nitrogens with one attached hydrogen (secondary N) is 1. The van der Waals surface area contributed by atoms with Gasteiger partial charge in [0.15, 0.2) is 0 Å². The predicted octanol–water partition coefficient (Wildman–Crippen LogP) is -1.65. The van der Waals surface area contributed by atoms with Crippen LogP contribution in [0.2, 0.25) is 0 Å². The Hall–Kier alpha value is -1.48. The van der Waals surface area contributed by atoms with Crippen molar-refractivity contribution in [1.82, 2.24) is 9.55 Å². The number of aliphatic hydroxyl groups excluding tert-OH is 3. The molecule has 1 aliphatic heterocycles. The molecule has 0 saturated carbocycles. The molecule has 4 N–H and O–H groups in total. The molecule has 0 amide bonds. The van der Waals surface area contributed by atoms with Crippen molar-refractivity contribution in [3.05, 3.63) is 32.6 Å².